The average Bonchev–Trinajstić information content (AvgIpc) is 2.79. The number of rotatable bonds is 9. The first-order valence-corrected chi connectivity index (χ1v) is 8.52. The highest BCUT2D eigenvalue weighted by atomic mass is 35.5. The molecule has 0 aliphatic rings. The van der Waals surface area contributed by atoms with Crippen LogP contribution in [0.2, 0.25) is 5.02 Å². The highest BCUT2D eigenvalue weighted by Crippen LogP contribution is 2.26. The van der Waals surface area contributed by atoms with Crippen LogP contribution in [-0.4, -0.2) is 11.5 Å². The minimum absolute atomic E-state index is 0.819. The molecule has 116 valence electrons. The van der Waals surface area contributed by atoms with Gasteiger partial charge in [0.25, 0.3) is 0 Å². The van der Waals surface area contributed by atoms with Crippen molar-refractivity contribution in [3.05, 3.63) is 35.0 Å². The molecule has 0 spiro atoms. The van der Waals surface area contributed by atoms with Crippen molar-refractivity contribution in [1.82, 2.24) is 10.3 Å². The van der Waals surface area contributed by atoms with Crippen LogP contribution in [0.5, 0.6) is 0 Å². The molecule has 0 fully saturated rings. The number of unbranched alkanes of at least 4 members (excludes halogenated alkanes) is 3. The SMILES string of the molecule is CC(C)CCCCCCNCc1[nH]c2ccccc2c1Cl. The van der Waals surface area contributed by atoms with Gasteiger partial charge >= 0.3 is 0 Å². The second kappa shape index (κ2) is 8.45. The van der Waals surface area contributed by atoms with Crippen LogP contribution in [0.15, 0.2) is 24.3 Å². The van der Waals surface area contributed by atoms with Gasteiger partial charge in [-0.2, -0.15) is 0 Å². The lowest BCUT2D eigenvalue weighted by atomic mass is 10.0. The Morgan fingerprint density at radius 1 is 1.10 bits per heavy atom. The van der Waals surface area contributed by atoms with Gasteiger partial charge in [-0.3, -0.25) is 0 Å². The fraction of sp³-hybridized carbons (Fsp3) is 0.556. The molecular weight excluding hydrogens is 280 g/mol. The van der Waals surface area contributed by atoms with Crippen molar-refractivity contribution in [3.8, 4) is 0 Å². The number of hydrogen-bond donors (Lipinski definition) is 2. The molecule has 1 aromatic heterocycles. The summed E-state index contributed by atoms with van der Waals surface area (Å²) in [6.07, 6.45) is 6.65. The lowest BCUT2D eigenvalue weighted by Gasteiger charge is -2.05. The Hall–Kier alpha value is -0.990. The van der Waals surface area contributed by atoms with E-state index in [0.29, 0.717) is 0 Å². The summed E-state index contributed by atoms with van der Waals surface area (Å²) in [6, 6.07) is 8.19. The lowest BCUT2D eigenvalue weighted by molar-refractivity contribution is 0.512. The van der Waals surface area contributed by atoms with Crippen LogP contribution < -0.4 is 5.32 Å². The summed E-state index contributed by atoms with van der Waals surface area (Å²) in [7, 11) is 0. The number of halogens is 1. The Bertz CT molecular complexity index is 545. The lowest BCUT2D eigenvalue weighted by Crippen LogP contribution is -2.15. The molecule has 2 aromatic rings. The largest absolute Gasteiger partial charge is 0.356 e. The van der Waals surface area contributed by atoms with Crippen LogP contribution in [0, 0.1) is 5.92 Å². The minimum atomic E-state index is 0.819. The molecule has 1 aromatic carbocycles. The van der Waals surface area contributed by atoms with E-state index in [1.807, 2.05) is 12.1 Å². The molecule has 0 aliphatic heterocycles. The van der Waals surface area contributed by atoms with E-state index in [9.17, 15) is 0 Å². The zero-order chi connectivity index (χ0) is 15.1. The zero-order valence-corrected chi connectivity index (χ0v) is 14.0. The van der Waals surface area contributed by atoms with E-state index < -0.39 is 0 Å². The molecule has 0 unspecified atom stereocenters. The molecule has 2 nitrogen and oxygen atoms in total. The molecule has 3 heteroatoms. The number of para-hydroxylation sites is 1. The van der Waals surface area contributed by atoms with E-state index >= 15 is 0 Å². The predicted octanol–water partition coefficient (Wildman–Crippen LogP) is 5.52. The second-order valence-electron chi connectivity index (χ2n) is 6.24. The quantitative estimate of drug-likeness (QED) is 0.587. The van der Waals surface area contributed by atoms with Crippen LogP contribution in [0.3, 0.4) is 0 Å². The van der Waals surface area contributed by atoms with E-state index in [4.69, 9.17) is 11.6 Å². The fourth-order valence-corrected chi connectivity index (χ4v) is 2.93. The molecule has 0 radical (unpaired) electrons. The Kier molecular flexibility index (Phi) is 6.59. The second-order valence-corrected chi connectivity index (χ2v) is 6.61. The molecule has 0 bridgehead atoms. The van der Waals surface area contributed by atoms with Crippen molar-refractivity contribution in [1.29, 1.82) is 0 Å². The van der Waals surface area contributed by atoms with E-state index in [1.165, 1.54) is 32.1 Å². The van der Waals surface area contributed by atoms with Gasteiger partial charge in [-0.25, -0.2) is 0 Å². The number of hydrogen-bond acceptors (Lipinski definition) is 1. The highest BCUT2D eigenvalue weighted by Gasteiger charge is 2.07. The molecule has 0 saturated heterocycles. The third-order valence-electron chi connectivity index (χ3n) is 3.90. The van der Waals surface area contributed by atoms with E-state index in [-0.39, 0.29) is 0 Å². The molecule has 0 atom stereocenters. The smallest absolute Gasteiger partial charge is 0.0705 e. The summed E-state index contributed by atoms with van der Waals surface area (Å²) in [5, 5.41) is 5.46. The molecule has 1 heterocycles. The topological polar surface area (TPSA) is 27.8 Å². The third-order valence-corrected chi connectivity index (χ3v) is 4.33. The van der Waals surface area contributed by atoms with Gasteiger partial charge in [0.2, 0.25) is 0 Å². The van der Waals surface area contributed by atoms with Crippen molar-refractivity contribution in [2.45, 2.75) is 52.5 Å². The fourth-order valence-electron chi connectivity index (χ4n) is 2.65. The van der Waals surface area contributed by atoms with Gasteiger partial charge in [-0.1, -0.05) is 69.3 Å². The average molecular weight is 307 g/mol. The summed E-state index contributed by atoms with van der Waals surface area (Å²) in [5.74, 6) is 0.840. The normalized spacial score (nSPS) is 11.6. The maximum Gasteiger partial charge on any atom is 0.0705 e. The van der Waals surface area contributed by atoms with E-state index in [1.54, 1.807) is 0 Å². The van der Waals surface area contributed by atoms with Crippen molar-refractivity contribution in [2.75, 3.05) is 6.54 Å². The summed E-state index contributed by atoms with van der Waals surface area (Å²) in [4.78, 5) is 3.39. The molecule has 0 saturated carbocycles. The van der Waals surface area contributed by atoms with Gasteiger partial charge in [0.05, 0.1) is 5.02 Å². The summed E-state index contributed by atoms with van der Waals surface area (Å²) in [5.41, 5.74) is 2.21. The first-order chi connectivity index (χ1) is 10.2. The molecule has 2 rings (SSSR count). The van der Waals surface area contributed by atoms with Gasteiger partial charge in [0.15, 0.2) is 0 Å². The summed E-state index contributed by atoms with van der Waals surface area (Å²) >= 11 is 6.40. The monoisotopic (exact) mass is 306 g/mol. The first kappa shape index (κ1) is 16.4. The highest BCUT2D eigenvalue weighted by molar-refractivity contribution is 6.36. The van der Waals surface area contributed by atoms with Crippen LogP contribution >= 0.6 is 11.6 Å². The minimum Gasteiger partial charge on any atom is -0.356 e. The maximum atomic E-state index is 6.40. The van der Waals surface area contributed by atoms with E-state index in [0.717, 1.165) is 40.6 Å². The van der Waals surface area contributed by atoms with Crippen molar-refractivity contribution >= 4 is 22.5 Å². The van der Waals surface area contributed by atoms with Gasteiger partial charge in [-0.05, 0) is 24.9 Å². The van der Waals surface area contributed by atoms with Crippen LogP contribution in [0.25, 0.3) is 10.9 Å². The number of aromatic amines is 1. The molecule has 21 heavy (non-hydrogen) atoms. The molecule has 0 amide bonds. The Labute approximate surface area is 133 Å². The van der Waals surface area contributed by atoms with Gasteiger partial charge < -0.3 is 10.3 Å². The zero-order valence-electron chi connectivity index (χ0n) is 13.2. The summed E-state index contributed by atoms with van der Waals surface area (Å²) in [6.45, 7) is 6.48. The van der Waals surface area contributed by atoms with Crippen LogP contribution in [0.4, 0.5) is 0 Å². The number of fused-ring (bicyclic) bond motifs is 1. The molecule has 2 N–H and O–H groups in total. The Morgan fingerprint density at radius 2 is 1.86 bits per heavy atom. The number of H-pyrrole nitrogens is 1. The van der Waals surface area contributed by atoms with Gasteiger partial charge in [-0.15, -0.1) is 0 Å². The van der Waals surface area contributed by atoms with Crippen LogP contribution in [-0.2, 0) is 6.54 Å². The summed E-state index contributed by atoms with van der Waals surface area (Å²) < 4.78 is 0. The van der Waals surface area contributed by atoms with Crippen molar-refractivity contribution < 1.29 is 0 Å². The number of aromatic nitrogens is 1. The van der Waals surface area contributed by atoms with Gasteiger partial charge in [0.1, 0.15) is 0 Å². The Morgan fingerprint density at radius 3 is 2.62 bits per heavy atom. The first-order valence-electron chi connectivity index (χ1n) is 8.14. The Balaban J connectivity index is 1.65. The van der Waals surface area contributed by atoms with Crippen molar-refractivity contribution in [2.24, 2.45) is 5.92 Å². The number of nitrogens with one attached hydrogen (secondary N) is 2. The van der Waals surface area contributed by atoms with Crippen LogP contribution in [0.1, 0.15) is 51.6 Å². The third kappa shape index (κ3) is 5.05. The number of benzene rings is 1. The van der Waals surface area contributed by atoms with Gasteiger partial charge in [0, 0.05) is 23.1 Å². The molecule has 0 aliphatic carbocycles. The molecular formula is C18H27ClN2. The maximum absolute atomic E-state index is 6.40. The van der Waals surface area contributed by atoms with Crippen molar-refractivity contribution in [3.63, 3.8) is 0 Å². The predicted molar refractivity (Wildman–Crippen MR) is 92.9 cm³/mol. The van der Waals surface area contributed by atoms with E-state index in [2.05, 4.69) is 36.3 Å². The standard InChI is InChI=1S/C18H27ClN2/c1-14(2)9-5-3-4-8-12-20-13-17-18(19)15-10-6-7-11-16(15)21-17/h6-7,10-11,14,20-21H,3-5,8-9,12-13H2,1-2H3.